The summed E-state index contributed by atoms with van der Waals surface area (Å²) < 4.78 is 14.9. The number of aromatic nitrogens is 1. The molecule has 6 aromatic carbocycles. The van der Waals surface area contributed by atoms with Crippen molar-refractivity contribution in [3.8, 4) is 0 Å². The number of hydrogen-bond donors (Lipinski definition) is 0. The number of benzene rings is 6. The average molecular weight is 583 g/mol. The molecule has 0 bridgehead atoms. The van der Waals surface area contributed by atoms with Gasteiger partial charge in [0.1, 0.15) is 28.1 Å². The van der Waals surface area contributed by atoms with Gasteiger partial charge in [-0.05, 0) is 65.4 Å². The second kappa shape index (κ2) is 8.93. The highest BCUT2D eigenvalue weighted by molar-refractivity contribution is 7.26. The van der Waals surface area contributed by atoms with Crippen molar-refractivity contribution in [2.45, 2.75) is 0 Å². The summed E-state index contributed by atoms with van der Waals surface area (Å²) in [4.78, 5) is 7.58. The van der Waals surface area contributed by atoms with Gasteiger partial charge in [-0.3, -0.25) is 4.90 Å². The van der Waals surface area contributed by atoms with Crippen LogP contribution in [-0.2, 0) is 0 Å². The molecule has 206 valence electrons. The lowest BCUT2D eigenvalue weighted by molar-refractivity contribution is 0.668. The van der Waals surface area contributed by atoms with E-state index in [4.69, 9.17) is 13.8 Å². The third-order valence-electron chi connectivity index (χ3n) is 8.66. The average Bonchev–Trinajstić information content (AvgIpc) is 3.75. The van der Waals surface area contributed by atoms with E-state index in [2.05, 4.69) is 114 Å². The normalized spacial score (nSPS) is 12.1. The fraction of sp³-hybridized carbons (Fsp3) is 0. The highest BCUT2D eigenvalue weighted by Gasteiger charge is 2.20. The number of hydrogen-bond acceptors (Lipinski definition) is 5. The van der Waals surface area contributed by atoms with Crippen LogP contribution in [-0.4, -0.2) is 4.98 Å². The van der Waals surface area contributed by atoms with E-state index in [1.807, 2.05) is 24.3 Å². The molecule has 0 unspecified atom stereocenters. The Hall–Kier alpha value is -5.65. The molecule has 0 N–H and O–H groups in total. The molecular weight excluding hydrogens is 561 g/mol. The second-order valence-corrected chi connectivity index (χ2v) is 12.2. The molecule has 0 aliphatic rings. The van der Waals surface area contributed by atoms with Crippen molar-refractivity contribution >= 4 is 103 Å². The van der Waals surface area contributed by atoms with Gasteiger partial charge in [0, 0.05) is 43.4 Å². The predicted molar refractivity (Wildman–Crippen MR) is 184 cm³/mol. The van der Waals surface area contributed by atoms with Crippen LogP contribution >= 0.6 is 11.3 Å². The fourth-order valence-corrected chi connectivity index (χ4v) is 7.78. The Balaban J connectivity index is 1.23. The van der Waals surface area contributed by atoms with Crippen LogP contribution in [0.1, 0.15) is 0 Å². The lowest BCUT2D eigenvalue weighted by Crippen LogP contribution is -2.11. The van der Waals surface area contributed by atoms with Crippen LogP contribution in [0.15, 0.2) is 142 Å². The summed E-state index contributed by atoms with van der Waals surface area (Å²) in [6.07, 6.45) is 0. The fourth-order valence-electron chi connectivity index (χ4n) is 6.61. The van der Waals surface area contributed by atoms with Gasteiger partial charge in [0.25, 0.3) is 0 Å². The minimum atomic E-state index is 0.841. The van der Waals surface area contributed by atoms with Gasteiger partial charge in [0.15, 0.2) is 0 Å². The number of fused-ring (bicyclic) bond motifs is 11. The summed E-state index contributed by atoms with van der Waals surface area (Å²) in [6, 6.07) is 46.5. The first-order valence-electron chi connectivity index (χ1n) is 14.6. The number of furan rings is 2. The monoisotopic (exact) mass is 582 g/mol. The first-order chi connectivity index (χ1) is 21.8. The van der Waals surface area contributed by atoms with E-state index in [1.54, 1.807) is 11.3 Å². The molecule has 0 saturated carbocycles. The van der Waals surface area contributed by atoms with Crippen LogP contribution in [0.4, 0.5) is 17.2 Å². The lowest BCUT2D eigenvalue weighted by Gasteiger charge is -2.24. The van der Waals surface area contributed by atoms with Gasteiger partial charge in [-0.1, -0.05) is 72.8 Å². The Kier molecular flexibility index (Phi) is 4.84. The topological polar surface area (TPSA) is 42.4 Å². The minimum absolute atomic E-state index is 0.841. The van der Waals surface area contributed by atoms with Gasteiger partial charge in [-0.15, -0.1) is 11.3 Å². The SMILES string of the molecule is c1ccc2c(c1)ccc1c3nc(N(c4ccc5c(c4)oc4ccccc45)c4ccc5oc6ccccc6c5c4)ccc3sc21. The zero-order valence-electron chi connectivity index (χ0n) is 23.3. The summed E-state index contributed by atoms with van der Waals surface area (Å²) in [5.74, 6) is 0.841. The van der Waals surface area contributed by atoms with Gasteiger partial charge in [-0.25, -0.2) is 4.98 Å². The van der Waals surface area contributed by atoms with Crippen molar-refractivity contribution in [1.29, 1.82) is 0 Å². The third-order valence-corrected chi connectivity index (χ3v) is 9.85. The van der Waals surface area contributed by atoms with E-state index < -0.39 is 0 Å². The Bertz CT molecular complexity index is 2750. The summed E-state index contributed by atoms with van der Waals surface area (Å²) in [7, 11) is 0. The molecule has 10 aromatic rings. The molecule has 0 fully saturated rings. The van der Waals surface area contributed by atoms with Crippen LogP contribution in [0.5, 0.6) is 0 Å². The smallest absolute Gasteiger partial charge is 0.138 e. The molecule has 0 atom stereocenters. The highest BCUT2D eigenvalue weighted by atomic mass is 32.1. The quantitative estimate of drug-likeness (QED) is 0.208. The molecule has 4 heterocycles. The molecule has 0 amide bonds. The van der Waals surface area contributed by atoms with Crippen LogP contribution in [0.3, 0.4) is 0 Å². The van der Waals surface area contributed by atoms with Crippen LogP contribution in [0.25, 0.3) is 75.0 Å². The van der Waals surface area contributed by atoms with Gasteiger partial charge >= 0.3 is 0 Å². The van der Waals surface area contributed by atoms with E-state index in [9.17, 15) is 0 Å². The maximum atomic E-state index is 6.33. The van der Waals surface area contributed by atoms with Gasteiger partial charge in [-0.2, -0.15) is 0 Å². The van der Waals surface area contributed by atoms with Crippen molar-refractivity contribution in [3.05, 3.63) is 133 Å². The molecule has 44 heavy (non-hydrogen) atoms. The minimum Gasteiger partial charge on any atom is -0.456 e. The predicted octanol–water partition coefficient (Wildman–Crippen LogP) is 11.9. The van der Waals surface area contributed by atoms with E-state index in [-0.39, 0.29) is 0 Å². The first kappa shape index (κ1) is 23.9. The van der Waals surface area contributed by atoms with Gasteiger partial charge < -0.3 is 8.83 Å². The summed E-state index contributed by atoms with van der Waals surface area (Å²) >= 11 is 1.80. The Labute approximate surface area is 255 Å². The van der Waals surface area contributed by atoms with Gasteiger partial charge in [0.05, 0.1) is 15.9 Å². The number of nitrogens with zero attached hydrogens (tertiary/aromatic N) is 2. The van der Waals surface area contributed by atoms with E-state index >= 15 is 0 Å². The van der Waals surface area contributed by atoms with Crippen molar-refractivity contribution in [3.63, 3.8) is 0 Å². The zero-order chi connectivity index (χ0) is 28.8. The molecule has 0 saturated heterocycles. The van der Waals surface area contributed by atoms with E-state index in [0.29, 0.717) is 0 Å². The van der Waals surface area contributed by atoms with Crippen molar-refractivity contribution in [2.75, 3.05) is 4.90 Å². The lowest BCUT2D eigenvalue weighted by atomic mass is 10.1. The number of thiophene rings is 1. The van der Waals surface area contributed by atoms with Gasteiger partial charge in [0.2, 0.25) is 0 Å². The number of pyridine rings is 1. The molecule has 0 aliphatic heterocycles. The van der Waals surface area contributed by atoms with Crippen LogP contribution in [0, 0.1) is 0 Å². The van der Waals surface area contributed by atoms with E-state index in [0.717, 1.165) is 66.6 Å². The molecule has 0 radical (unpaired) electrons. The number of para-hydroxylation sites is 2. The van der Waals surface area contributed by atoms with Crippen LogP contribution < -0.4 is 4.90 Å². The Morgan fingerprint density at radius 1 is 0.477 bits per heavy atom. The Morgan fingerprint density at radius 2 is 1.11 bits per heavy atom. The van der Waals surface area contributed by atoms with Crippen molar-refractivity contribution in [1.82, 2.24) is 4.98 Å². The third kappa shape index (κ3) is 3.41. The largest absolute Gasteiger partial charge is 0.456 e. The Morgan fingerprint density at radius 3 is 1.98 bits per heavy atom. The maximum absolute atomic E-state index is 6.33. The highest BCUT2D eigenvalue weighted by Crippen LogP contribution is 2.43. The molecular formula is C39H22N2O2S. The standard InChI is InChI=1S/C39H22N2O2S/c1-2-8-26-23(7-1)13-16-30-38-36(44-39(26)30)19-20-37(40-38)41(24-15-18-34-31(21-24)28-10-4-6-12-33(28)42-34)25-14-17-29-27-9-3-5-11-32(27)43-35(29)22-25/h1-22H. The molecule has 0 aliphatic carbocycles. The van der Waals surface area contributed by atoms with Crippen LogP contribution in [0.2, 0.25) is 0 Å². The van der Waals surface area contributed by atoms with Crippen molar-refractivity contribution < 1.29 is 8.83 Å². The molecule has 4 nitrogen and oxygen atoms in total. The summed E-state index contributed by atoms with van der Waals surface area (Å²) in [5.41, 5.74) is 6.45. The van der Waals surface area contributed by atoms with E-state index in [1.165, 1.54) is 25.6 Å². The number of anilines is 3. The molecule has 4 aromatic heterocycles. The maximum Gasteiger partial charge on any atom is 0.138 e. The second-order valence-electron chi connectivity index (χ2n) is 11.2. The summed E-state index contributed by atoms with van der Waals surface area (Å²) in [5, 5.41) is 8.06. The molecule has 10 rings (SSSR count). The van der Waals surface area contributed by atoms with Crippen molar-refractivity contribution in [2.24, 2.45) is 0 Å². The molecule has 5 heteroatoms. The summed E-state index contributed by atoms with van der Waals surface area (Å²) in [6.45, 7) is 0. The zero-order valence-corrected chi connectivity index (χ0v) is 24.1. The number of rotatable bonds is 3. The molecule has 0 spiro atoms. The first-order valence-corrected chi connectivity index (χ1v) is 15.4.